The summed E-state index contributed by atoms with van der Waals surface area (Å²) in [6, 6.07) is 10.2. The monoisotopic (exact) mass is 351 g/mol. The van der Waals surface area contributed by atoms with Crippen molar-refractivity contribution in [2.45, 2.75) is 40.0 Å². The van der Waals surface area contributed by atoms with E-state index in [4.69, 9.17) is 0 Å². The third kappa shape index (κ3) is 3.05. The first kappa shape index (κ1) is 18.0. The van der Waals surface area contributed by atoms with Crippen LogP contribution in [0.25, 0.3) is 11.8 Å². The highest BCUT2D eigenvalue weighted by molar-refractivity contribution is 6.13. The van der Waals surface area contributed by atoms with Crippen LogP contribution in [0.4, 0.5) is 4.79 Å². The number of likely N-dealkylation sites (N-methyl/N-ethyl adjacent to an activating group) is 1. The molecule has 1 saturated heterocycles. The predicted octanol–water partition coefficient (Wildman–Crippen LogP) is 3.91. The second kappa shape index (κ2) is 6.16. The van der Waals surface area contributed by atoms with E-state index in [1.165, 1.54) is 12.6 Å². The van der Waals surface area contributed by atoms with Crippen LogP contribution in [0.15, 0.2) is 36.0 Å². The maximum Gasteiger partial charge on any atom is 0.328 e. The number of hydrogen-bond acceptors (Lipinski definition) is 2. The summed E-state index contributed by atoms with van der Waals surface area (Å²) in [6.45, 7) is 10.6. The van der Waals surface area contributed by atoms with Crippen LogP contribution in [-0.2, 0) is 10.2 Å². The minimum atomic E-state index is -0.396. The number of rotatable bonds is 2. The smallest absolute Gasteiger partial charge is 0.318 e. The van der Waals surface area contributed by atoms with Crippen molar-refractivity contribution in [2.24, 2.45) is 0 Å². The van der Waals surface area contributed by atoms with Gasteiger partial charge in [0.25, 0.3) is 5.91 Å². The lowest BCUT2D eigenvalue weighted by molar-refractivity contribution is -0.121. The van der Waals surface area contributed by atoms with E-state index in [1.807, 2.05) is 19.9 Å². The van der Waals surface area contributed by atoms with Crippen LogP contribution in [0.2, 0.25) is 0 Å². The van der Waals surface area contributed by atoms with Gasteiger partial charge >= 0.3 is 6.03 Å². The number of nitrogens with one attached hydrogen (secondary N) is 1. The number of hydrogen-bond donors (Lipinski definition) is 1. The van der Waals surface area contributed by atoms with E-state index in [0.29, 0.717) is 5.70 Å². The Morgan fingerprint density at radius 2 is 1.65 bits per heavy atom. The van der Waals surface area contributed by atoms with Gasteiger partial charge in [0.2, 0.25) is 0 Å². The lowest BCUT2D eigenvalue weighted by Gasteiger charge is -2.20. The summed E-state index contributed by atoms with van der Waals surface area (Å²) in [5.41, 5.74) is 5.80. The van der Waals surface area contributed by atoms with Crippen molar-refractivity contribution in [1.29, 1.82) is 0 Å². The van der Waals surface area contributed by atoms with E-state index in [-0.39, 0.29) is 11.3 Å². The predicted molar refractivity (Wildman–Crippen MR) is 103 cm³/mol. The molecule has 0 atom stereocenters. The Hall–Kier alpha value is -2.82. The molecule has 26 heavy (non-hydrogen) atoms. The molecule has 1 fully saturated rings. The summed E-state index contributed by atoms with van der Waals surface area (Å²) in [5.74, 6) is -0.311. The van der Waals surface area contributed by atoms with Gasteiger partial charge in [-0.15, -0.1) is 0 Å². The van der Waals surface area contributed by atoms with E-state index in [9.17, 15) is 9.59 Å². The number of aryl methyl sites for hydroxylation is 1. The number of amides is 3. The second-order valence-corrected chi connectivity index (χ2v) is 7.81. The van der Waals surface area contributed by atoms with Crippen LogP contribution in [0.1, 0.15) is 43.3 Å². The van der Waals surface area contributed by atoms with Gasteiger partial charge in [-0.25, -0.2) is 4.79 Å². The molecule has 0 radical (unpaired) electrons. The Kier molecular flexibility index (Phi) is 4.26. The highest BCUT2D eigenvalue weighted by atomic mass is 16.2. The fraction of sp³-hybridized carbons (Fsp3) is 0.333. The van der Waals surface area contributed by atoms with E-state index in [1.54, 1.807) is 6.08 Å². The molecule has 0 saturated carbocycles. The first-order chi connectivity index (χ1) is 12.1. The number of imide groups is 1. The zero-order valence-corrected chi connectivity index (χ0v) is 16.2. The van der Waals surface area contributed by atoms with E-state index < -0.39 is 6.03 Å². The van der Waals surface area contributed by atoms with Crippen molar-refractivity contribution in [3.63, 3.8) is 0 Å². The molecule has 3 rings (SSSR count). The summed E-state index contributed by atoms with van der Waals surface area (Å²) in [6.07, 6.45) is 1.74. The highest BCUT2D eigenvalue weighted by Crippen LogP contribution is 2.27. The van der Waals surface area contributed by atoms with Gasteiger partial charge in [-0.2, -0.15) is 0 Å². The molecule has 0 bridgehead atoms. The molecule has 2 heterocycles. The van der Waals surface area contributed by atoms with Crippen LogP contribution < -0.4 is 5.32 Å². The van der Waals surface area contributed by atoms with Crippen LogP contribution in [0.5, 0.6) is 0 Å². The Labute approximate surface area is 154 Å². The van der Waals surface area contributed by atoms with Gasteiger partial charge < -0.3 is 9.88 Å². The average Bonchev–Trinajstić information content (AvgIpc) is 2.98. The van der Waals surface area contributed by atoms with Gasteiger partial charge in [-0.1, -0.05) is 32.9 Å². The molecular weight excluding hydrogens is 326 g/mol. The quantitative estimate of drug-likeness (QED) is 0.659. The molecule has 5 nitrogen and oxygen atoms in total. The Balaban J connectivity index is 1.99. The van der Waals surface area contributed by atoms with E-state index >= 15 is 0 Å². The second-order valence-electron chi connectivity index (χ2n) is 7.81. The van der Waals surface area contributed by atoms with Crippen molar-refractivity contribution in [1.82, 2.24) is 14.8 Å². The van der Waals surface area contributed by atoms with Gasteiger partial charge in [0, 0.05) is 24.1 Å². The SMILES string of the molecule is Cc1cc(/C=C2/NC(=O)N(C)C2=O)c(C)n1-c1ccc(C(C)(C)C)cc1. The lowest BCUT2D eigenvalue weighted by Crippen LogP contribution is -2.25. The Morgan fingerprint density at radius 1 is 1.04 bits per heavy atom. The van der Waals surface area contributed by atoms with Crippen molar-refractivity contribution < 1.29 is 9.59 Å². The summed E-state index contributed by atoms with van der Waals surface area (Å²) >= 11 is 0. The highest BCUT2D eigenvalue weighted by Gasteiger charge is 2.30. The number of benzene rings is 1. The van der Waals surface area contributed by atoms with Crippen LogP contribution in [0.3, 0.4) is 0 Å². The molecule has 1 aliphatic heterocycles. The fourth-order valence-electron chi connectivity index (χ4n) is 3.22. The zero-order chi connectivity index (χ0) is 19.2. The van der Waals surface area contributed by atoms with Gasteiger partial charge in [0.05, 0.1) is 0 Å². The molecular formula is C21H25N3O2. The van der Waals surface area contributed by atoms with Crippen LogP contribution >= 0.6 is 0 Å². The van der Waals surface area contributed by atoms with Gasteiger partial charge in [-0.3, -0.25) is 9.69 Å². The van der Waals surface area contributed by atoms with E-state index in [0.717, 1.165) is 27.5 Å². The molecule has 0 unspecified atom stereocenters. The third-order valence-electron chi connectivity index (χ3n) is 4.84. The molecule has 1 aliphatic rings. The summed E-state index contributed by atoms with van der Waals surface area (Å²) in [7, 11) is 1.47. The van der Waals surface area contributed by atoms with Crippen molar-refractivity contribution in [3.8, 4) is 5.69 Å². The average molecular weight is 351 g/mol. The lowest BCUT2D eigenvalue weighted by atomic mass is 9.87. The minimum absolute atomic E-state index is 0.113. The molecule has 3 amide bonds. The minimum Gasteiger partial charge on any atom is -0.318 e. The summed E-state index contributed by atoms with van der Waals surface area (Å²) < 4.78 is 2.16. The van der Waals surface area contributed by atoms with Crippen molar-refractivity contribution in [3.05, 3.63) is 58.5 Å². The number of carbonyl (C=O) groups excluding carboxylic acids is 2. The standard InChI is InChI=1S/C21H25N3O2/c1-13-11-15(12-18-19(25)23(6)20(26)22-18)14(2)24(13)17-9-7-16(8-10-17)21(3,4)5/h7-12H,1-6H3,(H,22,26)/b18-12+. The molecule has 0 aliphatic carbocycles. The fourth-order valence-corrected chi connectivity index (χ4v) is 3.22. The number of nitrogens with zero attached hydrogens (tertiary/aromatic N) is 2. The Bertz CT molecular complexity index is 912. The maximum absolute atomic E-state index is 12.1. The maximum atomic E-state index is 12.1. The van der Waals surface area contributed by atoms with Gasteiger partial charge in [0.1, 0.15) is 5.70 Å². The Morgan fingerprint density at radius 3 is 2.15 bits per heavy atom. The number of urea groups is 1. The number of aromatic nitrogens is 1. The summed E-state index contributed by atoms with van der Waals surface area (Å²) in [4.78, 5) is 24.8. The molecule has 1 aromatic carbocycles. The van der Waals surface area contributed by atoms with Gasteiger partial charge in [0.15, 0.2) is 0 Å². The number of carbonyl (C=O) groups is 2. The molecule has 5 heteroatoms. The third-order valence-corrected chi connectivity index (χ3v) is 4.84. The van der Waals surface area contributed by atoms with Crippen molar-refractivity contribution in [2.75, 3.05) is 7.05 Å². The molecule has 1 aromatic heterocycles. The molecule has 2 aromatic rings. The largest absolute Gasteiger partial charge is 0.328 e. The van der Waals surface area contributed by atoms with E-state index in [2.05, 4.69) is 54.9 Å². The molecule has 1 N–H and O–H groups in total. The first-order valence-electron chi connectivity index (χ1n) is 8.70. The van der Waals surface area contributed by atoms with Crippen LogP contribution in [0, 0.1) is 13.8 Å². The van der Waals surface area contributed by atoms with Crippen LogP contribution in [-0.4, -0.2) is 28.5 Å². The first-order valence-corrected chi connectivity index (χ1v) is 8.70. The van der Waals surface area contributed by atoms with Crippen molar-refractivity contribution >= 4 is 18.0 Å². The molecule has 0 spiro atoms. The van der Waals surface area contributed by atoms with Gasteiger partial charge in [-0.05, 0) is 54.7 Å². The molecule has 136 valence electrons. The summed E-state index contributed by atoms with van der Waals surface area (Å²) in [5, 5.41) is 2.61. The zero-order valence-electron chi connectivity index (χ0n) is 16.2. The normalized spacial score (nSPS) is 16.5. The topological polar surface area (TPSA) is 54.3 Å².